The van der Waals surface area contributed by atoms with Gasteiger partial charge in [0, 0.05) is 33.2 Å². The number of oxime groups is 1. The summed E-state index contributed by atoms with van der Waals surface area (Å²) in [7, 11) is 0. The number of fused-ring (bicyclic) bond motifs is 1. The van der Waals surface area contributed by atoms with Crippen LogP contribution in [0, 0.1) is 0 Å². The lowest BCUT2D eigenvalue weighted by Gasteiger charge is -1.99. The zero-order chi connectivity index (χ0) is 13.1. The summed E-state index contributed by atoms with van der Waals surface area (Å²) >= 11 is 1.76. The van der Waals surface area contributed by atoms with E-state index in [4.69, 9.17) is 5.21 Å². The molecule has 0 spiro atoms. The van der Waals surface area contributed by atoms with Crippen molar-refractivity contribution >= 4 is 27.6 Å². The van der Waals surface area contributed by atoms with Gasteiger partial charge in [-0.05, 0) is 12.1 Å². The molecule has 0 aliphatic carbocycles. The second-order valence-corrected chi connectivity index (χ2v) is 5.17. The SMILES string of the molecule is O/N=C\c1cccc[n+]1Cc1csc2ccccc12. The van der Waals surface area contributed by atoms with Gasteiger partial charge in [0.15, 0.2) is 12.7 Å². The molecule has 1 aromatic carbocycles. The average Bonchev–Trinajstić information content (AvgIpc) is 2.85. The van der Waals surface area contributed by atoms with Gasteiger partial charge < -0.3 is 5.21 Å². The first-order chi connectivity index (χ1) is 9.38. The van der Waals surface area contributed by atoms with Crippen molar-refractivity contribution in [2.75, 3.05) is 0 Å². The molecule has 0 aliphatic heterocycles. The minimum atomic E-state index is 0.770. The second kappa shape index (κ2) is 5.20. The Kier molecular flexibility index (Phi) is 3.25. The third-order valence-electron chi connectivity index (χ3n) is 3.07. The Morgan fingerprint density at radius 3 is 2.89 bits per heavy atom. The number of benzene rings is 1. The zero-order valence-electron chi connectivity index (χ0n) is 10.2. The highest BCUT2D eigenvalue weighted by atomic mass is 32.1. The summed E-state index contributed by atoms with van der Waals surface area (Å²) in [5, 5.41) is 15.3. The van der Waals surface area contributed by atoms with Crippen LogP contribution in [0.3, 0.4) is 0 Å². The summed E-state index contributed by atoms with van der Waals surface area (Å²) in [4.78, 5) is 0. The van der Waals surface area contributed by atoms with Crippen molar-refractivity contribution in [3.8, 4) is 0 Å². The molecule has 3 aromatic rings. The Balaban J connectivity index is 2.01. The molecule has 4 heteroatoms. The minimum absolute atomic E-state index is 0.770. The third-order valence-corrected chi connectivity index (χ3v) is 4.08. The molecule has 0 atom stereocenters. The topological polar surface area (TPSA) is 36.5 Å². The Bertz CT molecular complexity index is 734. The lowest BCUT2D eigenvalue weighted by molar-refractivity contribution is -0.689. The van der Waals surface area contributed by atoms with Crippen molar-refractivity contribution in [1.82, 2.24) is 0 Å². The standard InChI is InChI=1S/C15H12N2OS/c18-16-9-13-5-3-4-8-17(13)10-12-11-19-15-7-2-1-6-14(12)15/h1-9,11H,10H2/p+1. The Morgan fingerprint density at radius 2 is 2.00 bits per heavy atom. The molecule has 3 nitrogen and oxygen atoms in total. The number of hydrogen-bond acceptors (Lipinski definition) is 3. The van der Waals surface area contributed by atoms with Crippen LogP contribution in [0.4, 0.5) is 0 Å². The minimum Gasteiger partial charge on any atom is -0.411 e. The van der Waals surface area contributed by atoms with E-state index in [2.05, 4.69) is 39.4 Å². The van der Waals surface area contributed by atoms with Gasteiger partial charge >= 0.3 is 0 Å². The van der Waals surface area contributed by atoms with E-state index in [1.54, 1.807) is 11.3 Å². The highest BCUT2D eigenvalue weighted by molar-refractivity contribution is 7.17. The van der Waals surface area contributed by atoms with Crippen molar-refractivity contribution in [1.29, 1.82) is 0 Å². The molecule has 0 aliphatic rings. The van der Waals surface area contributed by atoms with Gasteiger partial charge in [0.2, 0.25) is 5.69 Å². The summed E-state index contributed by atoms with van der Waals surface area (Å²) in [5.41, 5.74) is 2.16. The smallest absolute Gasteiger partial charge is 0.227 e. The normalized spacial score (nSPS) is 11.4. The van der Waals surface area contributed by atoms with Crippen LogP contribution < -0.4 is 4.57 Å². The Hall–Kier alpha value is -2.20. The van der Waals surface area contributed by atoms with Crippen LogP contribution in [0.5, 0.6) is 0 Å². The number of hydrogen-bond donors (Lipinski definition) is 1. The number of nitrogens with zero attached hydrogens (tertiary/aromatic N) is 2. The van der Waals surface area contributed by atoms with Gasteiger partial charge in [0.25, 0.3) is 0 Å². The van der Waals surface area contributed by atoms with E-state index in [1.807, 2.05) is 24.4 Å². The predicted octanol–water partition coefficient (Wildman–Crippen LogP) is 3.05. The molecule has 19 heavy (non-hydrogen) atoms. The molecular formula is C15H13N2OS+. The van der Waals surface area contributed by atoms with Crippen molar-refractivity contribution in [3.63, 3.8) is 0 Å². The van der Waals surface area contributed by atoms with Crippen LogP contribution in [0.15, 0.2) is 59.2 Å². The first-order valence-corrected chi connectivity index (χ1v) is 6.87. The summed E-state index contributed by atoms with van der Waals surface area (Å²) < 4.78 is 3.36. The second-order valence-electron chi connectivity index (χ2n) is 4.26. The van der Waals surface area contributed by atoms with Crippen molar-refractivity contribution in [2.24, 2.45) is 5.16 Å². The monoisotopic (exact) mass is 269 g/mol. The van der Waals surface area contributed by atoms with Gasteiger partial charge in [-0.3, -0.25) is 0 Å². The summed E-state index contributed by atoms with van der Waals surface area (Å²) in [6.07, 6.45) is 3.44. The van der Waals surface area contributed by atoms with Crippen LogP contribution in [0.2, 0.25) is 0 Å². The van der Waals surface area contributed by atoms with Gasteiger partial charge in [-0.1, -0.05) is 23.4 Å². The van der Waals surface area contributed by atoms with E-state index in [9.17, 15) is 0 Å². The molecule has 0 saturated heterocycles. The quantitative estimate of drug-likeness (QED) is 0.337. The van der Waals surface area contributed by atoms with Crippen LogP contribution in [-0.2, 0) is 6.54 Å². The van der Waals surface area contributed by atoms with Gasteiger partial charge in [-0.15, -0.1) is 11.3 Å². The molecular weight excluding hydrogens is 256 g/mol. The fourth-order valence-corrected chi connectivity index (χ4v) is 3.10. The average molecular weight is 269 g/mol. The molecule has 94 valence electrons. The molecule has 0 radical (unpaired) electrons. The van der Waals surface area contributed by atoms with Gasteiger partial charge in [-0.2, -0.15) is 4.57 Å². The van der Waals surface area contributed by atoms with Crippen molar-refractivity contribution in [2.45, 2.75) is 6.54 Å². The molecule has 0 fully saturated rings. The highest BCUT2D eigenvalue weighted by Crippen LogP contribution is 2.25. The fraction of sp³-hybridized carbons (Fsp3) is 0.0667. The Labute approximate surface area is 115 Å². The zero-order valence-corrected chi connectivity index (χ0v) is 11.0. The van der Waals surface area contributed by atoms with Gasteiger partial charge in [-0.25, -0.2) is 0 Å². The van der Waals surface area contributed by atoms with E-state index in [1.165, 1.54) is 21.9 Å². The summed E-state index contributed by atoms with van der Waals surface area (Å²) in [6.45, 7) is 0.770. The van der Waals surface area contributed by atoms with Gasteiger partial charge in [0.1, 0.15) is 6.21 Å². The van der Waals surface area contributed by atoms with Crippen LogP contribution in [-0.4, -0.2) is 11.4 Å². The number of rotatable bonds is 3. The van der Waals surface area contributed by atoms with E-state index in [-0.39, 0.29) is 0 Å². The number of pyridine rings is 1. The number of thiophene rings is 1. The summed E-state index contributed by atoms with van der Waals surface area (Å²) in [6, 6.07) is 14.2. The molecule has 0 bridgehead atoms. The molecule has 3 rings (SSSR count). The van der Waals surface area contributed by atoms with Crippen LogP contribution >= 0.6 is 11.3 Å². The third kappa shape index (κ3) is 2.35. The fourth-order valence-electron chi connectivity index (χ4n) is 2.15. The van der Waals surface area contributed by atoms with E-state index in [0.29, 0.717) is 0 Å². The maximum atomic E-state index is 8.70. The largest absolute Gasteiger partial charge is 0.411 e. The molecule has 1 N–H and O–H groups in total. The molecule has 2 heterocycles. The van der Waals surface area contributed by atoms with E-state index in [0.717, 1.165) is 12.2 Å². The van der Waals surface area contributed by atoms with Crippen LogP contribution in [0.25, 0.3) is 10.1 Å². The maximum absolute atomic E-state index is 8.70. The van der Waals surface area contributed by atoms with Crippen molar-refractivity contribution in [3.05, 3.63) is 65.3 Å². The first-order valence-electron chi connectivity index (χ1n) is 5.99. The highest BCUT2D eigenvalue weighted by Gasteiger charge is 2.12. The molecule has 2 aromatic heterocycles. The Morgan fingerprint density at radius 1 is 1.16 bits per heavy atom. The first kappa shape index (κ1) is 11.9. The molecule has 0 amide bonds. The van der Waals surface area contributed by atoms with Crippen LogP contribution in [0.1, 0.15) is 11.3 Å². The maximum Gasteiger partial charge on any atom is 0.227 e. The van der Waals surface area contributed by atoms with Crippen molar-refractivity contribution < 1.29 is 9.77 Å². The van der Waals surface area contributed by atoms with E-state index < -0.39 is 0 Å². The predicted molar refractivity (Wildman–Crippen MR) is 76.9 cm³/mol. The lowest BCUT2D eigenvalue weighted by atomic mass is 10.2. The summed E-state index contributed by atoms with van der Waals surface area (Å²) in [5.74, 6) is 0. The number of aromatic nitrogens is 1. The lowest BCUT2D eigenvalue weighted by Crippen LogP contribution is -2.38. The van der Waals surface area contributed by atoms with Gasteiger partial charge in [0.05, 0.1) is 0 Å². The molecule has 0 unspecified atom stereocenters. The van der Waals surface area contributed by atoms with E-state index >= 15 is 0 Å². The molecule has 0 saturated carbocycles.